The highest BCUT2D eigenvalue weighted by molar-refractivity contribution is 5.82. The van der Waals surface area contributed by atoms with Gasteiger partial charge in [0.1, 0.15) is 0 Å². The lowest BCUT2D eigenvalue weighted by Crippen LogP contribution is -2.67. The SMILES string of the molecule is CCOC(=O)N1CC2(CC(N3C[C@@H]4[C@H](C3)[C@H]4C(=O)N(CC)CC)C2)C1. The van der Waals surface area contributed by atoms with Gasteiger partial charge in [0.15, 0.2) is 0 Å². The molecule has 0 radical (unpaired) electrons. The molecule has 2 saturated carbocycles. The largest absolute Gasteiger partial charge is 0.450 e. The van der Waals surface area contributed by atoms with Crippen molar-refractivity contribution in [1.82, 2.24) is 14.7 Å². The van der Waals surface area contributed by atoms with Crippen molar-refractivity contribution in [1.29, 1.82) is 0 Å². The Labute approximate surface area is 150 Å². The van der Waals surface area contributed by atoms with E-state index in [1.165, 1.54) is 12.8 Å². The second-order valence-corrected chi connectivity index (χ2v) is 8.43. The number of amides is 2. The van der Waals surface area contributed by atoms with Crippen molar-refractivity contribution in [3.63, 3.8) is 0 Å². The molecular weight excluding hydrogens is 318 g/mol. The third kappa shape index (κ3) is 2.73. The number of nitrogens with zero attached hydrogens (tertiary/aromatic N) is 3. The highest BCUT2D eigenvalue weighted by atomic mass is 16.6. The van der Waals surface area contributed by atoms with Gasteiger partial charge in [-0.3, -0.25) is 9.69 Å². The molecule has 0 aromatic heterocycles. The molecule has 4 rings (SSSR count). The van der Waals surface area contributed by atoms with E-state index in [0.29, 0.717) is 41.7 Å². The Morgan fingerprint density at radius 1 is 1.08 bits per heavy atom. The number of piperidine rings is 1. The summed E-state index contributed by atoms with van der Waals surface area (Å²) >= 11 is 0. The van der Waals surface area contributed by atoms with Crippen LogP contribution in [0.1, 0.15) is 33.6 Å². The number of hydrogen-bond donors (Lipinski definition) is 0. The Hall–Kier alpha value is -1.30. The maximum absolute atomic E-state index is 12.5. The molecule has 6 heteroatoms. The van der Waals surface area contributed by atoms with Crippen molar-refractivity contribution in [2.75, 3.05) is 45.9 Å². The molecule has 3 atom stereocenters. The standard InChI is InChI=1S/C19H31N3O3/c1-4-20(5-2)17(23)16-14-9-21(10-15(14)16)13-7-19(8-13)11-22(12-19)18(24)25-6-3/h13-16H,4-12H2,1-3H3/t14-,15+,16+. The van der Waals surface area contributed by atoms with Crippen molar-refractivity contribution in [2.24, 2.45) is 23.2 Å². The zero-order chi connectivity index (χ0) is 17.8. The molecule has 2 aliphatic carbocycles. The van der Waals surface area contributed by atoms with Gasteiger partial charge in [0.2, 0.25) is 5.91 Å². The van der Waals surface area contributed by atoms with Crippen molar-refractivity contribution in [3.05, 3.63) is 0 Å². The molecule has 0 unspecified atom stereocenters. The van der Waals surface area contributed by atoms with Crippen LogP contribution < -0.4 is 0 Å². The molecule has 4 fully saturated rings. The molecule has 25 heavy (non-hydrogen) atoms. The summed E-state index contributed by atoms with van der Waals surface area (Å²) in [5.41, 5.74) is 0.362. The average Bonchev–Trinajstić information content (AvgIpc) is 3.01. The van der Waals surface area contributed by atoms with Gasteiger partial charge >= 0.3 is 6.09 Å². The summed E-state index contributed by atoms with van der Waals surface area (Å²) in [4.78, 5) is 30.6. The molecule has 0 aromatic rings. The molecule has 1 spiro atoms. The molecule has 140 valence electrons. The van der Waals surface area contributed by atoms with Crippen LogP contribution in [0.2, 0.25) is 0 Å². The number of fused-ring (bicyclic) bond motifs is 1. The molecule has 6 nitrogen and oxygen atoms in total. The fraction of sp³-hybridized carbons (Fsp3) is 0.895. The van der Waals surface area contributed by atoms with Crippen molar-refractivity contribution < 1.29 is 14.3 Å². The minimum atomic E-state index is -0.156. The Balaban J connectivity index is 1.20. The second kappa shape index (κ2) is 6.15. The predicted octanol–water partition coefficient (Wildman–Crippen LogP) is 1.65. The van der Waals surface area contributed by atoms with E-state index in [2.05, 4.69) is 18.7 Å². The van der Waals surface area contributed by atoms with Gasteiger partial charge in [-0.2, -0.15) is 0 Å². The summed E-state index contributed by atoms with van der Waals surface area (Å²) in [7, 11) is 0. The van der Waals surface area contributed by atoms with Crippen LogP contribution in [0.5, 0.6) is 0 Å². The van der Waals surface area contributed by atoms with E-state index < -0.39 is 0 Å². The monoisotopic (exact) mass is 349 g/mol. The molecule has 2 amide bonds. The molecular formula is C19H31N3O3. The Morgan fingerprint density at radius 2 is 1.68 bits per heavy atom. The molecule has 2 saturated heterocycles. The fourth-order valence-corrected chi connectivity index (χ4v) is 5.53. The van der Waals surface area contributed by atoms with Gasteiger partial charge in [0, 0.05) is 56.6 Å². The number of carbonyl (C=O) groups excluding carboxylic acids is 2. The van der Waals surface area contributed by atoms with E-state index in [1.807, 2.05) is 16.7 Å². The normalized spacial score (nSPS) is 32.8. The first kappa shape index (κ1) is 17.1. The molecule has 0 bridgehead atoms. The van der Waals surface area contributed by atoms with Crippen LogP contribution >= 0.6 is 0 Å². The van der Waals surface area contributed by atoms with E-state index in [0.717, 1.165) is 39.3 Å². The van der Waals surface area contributed by atoms with Gasteiger partial charge in [0.05, 0.1) is 6.61 Å². The highest BCUT2D eigenvalue weighted by Crippen LogP contribution is 2.57. The van der Waals surface area contributed by atoms with E-state index in [9.17, 15) is 9.59 Å². The zero-order valence-corrected chi connectivity index (χ0v) is 15.7. The number of likely N-dealkylation sites (tertiary alicyclic amines) is 2. The number of rotatable bonds is 5. The number of hydrogen-bond acceptors (Lipinski definition) is 4. The highest BCUT2D eigenvalue weighted by Gasteiger charge is 2.63. The van der Waals surface area contributed by atoms with Crippen molar-refractivity contribution in [3.8, 4) is 0 Å². The van der Waals surface area contributed by atoms with Crippen molar-refractivity contribution >= 4 is 12.0 Å². The molecule has 2 aliphatic heterocycles. The van der Waals surface area contributed by atoms with Gasteiger partial charge < -0.3 is 14.5 Å². The lowest BCUT2D eigenvalue weighted by atomic mass is 9.60. The van der Waals surface area contributed by atoms with Gasteiger partial charge in [-0.05, 0) is 45.4 Å². The molecule has 2 heterocycles. The third-order valence-corrected chi connectivity index (χ3v) is 7.01. The lowest BCUT2D eigenvalue weighted by molar-refractivity contribution is -0.133. The maximum Gasteiger partial charge on any atom is 0.409 e. The average molecular weight is 349 g/mol. The first-order chi connectivity index (χ1) is 12.0. The zero-order valence-electron chi connectivity index (χ0n) is 15.7. The first-order valence-corrected chi connectivity index (χ1v) is 9.96. The van der Waals surface area contributed by atoms with Crippen LogP contribution in [0.25, 0.3) is 0 Å². The summed E-state index contributed by atoms with van der Waals surface area (Å²) < 4.78 is 5.07. The van der Waals surface area contributed by atoms with Crippen LogP contribution in [-0.2, 0) is 9.53 Å². The Morgan fingerprint density at radius 3 is 2.20 bits per heavy atom. The van der Waals surface area contributed by atoms with Crippen LogP contribution in [0, 0.1) is 23.2 Å². The fourth-order valence-electron chi connectivity index (χ4n) is 5.53. The van der Waals surface area contributed by atoms with Crippen LogP contribution in [0.15, 0.2) is 0 Å². The second-order valence-electron chi connectivity index (χ2n) is 8.43. The van der Waals surface area contributed by atoms with Gasteiger partial charge in [-0.25, -0.2) is 4.79 Å². The minimum absolute atomic E-state index is 0.156. The van der Waals surface area contributed by atoms with E-state index >= 15 is 0 Å². The Bertz CT molecular complexity index is 536. The van der Waals surface area contributed by atoms with E-state index in [1.54, 1.807) is 0 Å². The smallest absolute Gasteiger partial charge is 0.409 e. The maximum atomic E-state index is 12.5. The van der Waals surface area contributed by atoms with Gasteiger partial charge in [-0.15, -0.1) is 0 Å². The van der Waals surface area contributed by atoms with Crippen LogP contribution in [0.3, 0.4) is 0 Å². The lowest BCUT2D eigenvalue weighted by Gasteiger charge is -2.60. The first-order valence-electron chi connectivity index (χ1n) is 9.96. The van der Waals surface area contributed by atoms with Gasteiger partial charge in [-0.1, -0.05) is 0 Å². The van der Waals surface area contributed by atoms with Crippen LogP contribution in [0.4, 0.5) is 4.79 Å². The predicted molar refractivity (Wildman–Crippen MR) is 94.0 cm³/mol. The summed E-state index contributed by atoms with van der Waals surface area (Å²) in [5.74, 6) is 1.88. The van der Waals surface area contributed by atoms with Crippen molar-refractivity contribution in [2.45, 2.75) is 39.7 Å². The van der Waals surface area contributed by atoms with Gasteiger partial charge in [0.25, 0.3) is 0 Å². The summed E-state index contributed by atoms with van der Waals surface area (Å²) in [6.45, 7) is 12.0. The summed E-state index contributed by atoms with van der Waals surface area (Å²) in [6.07, 6.45) is 2.25. The number of carbonyl (C=O) groups is 2. The van der Waals surface area contributed by atoms with Crippen LogP contribution in [-0.4, -0.2) is 78.6 Å². The Kier molecular flexibility index (Phi) is 4.21. The van der Waals surface area contributed by atoms with E-state index in [-0.39, 0.29) is 6.09 Å². The molecule has 4 aliphatic rings. The minimum Gasteiger partial charge on any atom is -0.450 e. The number of ether oxygens (including phenoxy) is 1. The molecule has 0 aromatic carbocycles. The quantitative estimate of drug-likeness (QED) is 0.757. The topological polar surface area (TPSA) is 53.1 Å². The summed E-state index contributed by atoms with van der Waals surface area (Å²) in [6, 6.07) is 0.668. The summed E-state index contributed by atoms with van der Waals surface area (Å²) in [5, 5.41) is 0. The molecule has 0 N–H and O–H groups in total. The van der Waals surface area contributed by atoms with E-state index in [4.69, 9.17) is 4.74 Å². The third-order valence-electron chi connectivity index (χ3n) is 7.01.